The molecule has 10 nitrogen and oxygen atoms in total. The minimum Gasteiger partial charge on any atom is -0.493 e. The number of nitrogens with one attached hydrogen (secondary N) is 1. The van der Waals surface area contributed by atoms with Crippen LogP contribution in [0, 0.1) is 0 Å². The number of methoxy groups -OCH3 is 2. The summed E-state index contributed by atoms with van der Waals surface area (Å²) in [6.07, 6.45) is 1.65. The zero-order valence-corrected chi connectivity index (χ0v) is 22.8. The summed E-state index contributed by atoms with van der Waals surface area (Å²) in [7, 11) is 3.12. The van der Waals surface area contributed by atoms with Gasteiger partial charge in [-0.3, -0.25) is 9.69 Å². The number of ether oxygens (including phenoxy) is 4. The third-order valence-electron chi connectivity index (χ3n) is 6.48. The van der Waals surface area contributed by atoms with Gasteiger partial charge in [0, 0.05) is 37.4 Å². The van der Waals surface area contributed by atoms with Crippen LogP contribution in [0.3, 0.4) is 0 Å². The largest absolute Gasteiger partial charge is 0.493 e. The molecule has 0 bridgehead atoms. The molecule has 0 spiro atoms. The van der Waals surface area contributed by atoms with Gasteiger partial charge in [0.1, 0.15) is 6.61 Å². The molecule has 3 aliphatic heterocycles. The molecule has 0 aliphatic carbocycles. The summed E-state index contributed by atoms with van der Waals surface area (Å²) in [5, 5.41) is 5.60. The van der Waals surface area contributed by atoms with E-state index < -0.39 is 12.0 Å². The zero-order valence-electron chi connectivity index (χ0n) is 22.0. The Morgan fingerprint density at radius 2 is 2.05 bits per heavy atom. The van der Waals surface area contributed by atoms with Crippen LogP contribution in [0.1, 0.15) is 24.9 Å². The molecule has 0 aromatic heterocycles. The van der Waals surface area contributed by atoms with Crippen molar-refractivity contribution in [3.8, 4) is 11.5 Å². The Bertz CT molecular complexity index is 1160. The maximum Gasteiger partial charge on any atom is 0.338 e. The van der Waals surface area contributed by atoms with Gasteiger partial charge in [-0.05, 0) is 18.4 Å². The van der Waals surface area contributed by atoms with Crippen molar-refractivity contribution in [2.75, 3.05) is 60.2 Å². The van der Waals surface area contributed by atoms with E-state index in [-0.39, 0.29) is 18.9 Å². The smallest absolute Gasteiger partial charge is 0.338 e. The van der Waals surface area contributed by atoms with E-state index in [1.807, 2.05) is 22.4 Å². The standard InChI is InChI=1S/C27H34N4O6S/c1-5-13-37-26(33)23-18(2)29-27-31(24(23)20-7-6-8-21(34-3)25(20)35-4)19(17-38-27)16-22(32)28-9-10-30-11-14-36-15-12-30/h5-8,17,24H,1,9-16H2,2-4H3,(H,28,32)/t24-/m1/s1. The molecule has 1 saturated heterocycles. The SMILES string of the molecule is C=CCOC(=O)C1=C(C)N=C2SC=C(CC(=O)NCCN3CCOCC3)N2[C@@H]1c1cccc(OC)c1OC. The van der Waals surface area contributed by atoms with Crippen molar-refractivity contribution in [3.63, 3.8) is 0 Å². The van der Waals surface area contributed by atoms with Gasteiger partial charge in [-0.2, -0.15) is 0 Å². The maximum absolute atomic E-state index is 13.3. The predicted octanol–water partition coefficient (Wildman–Crippen LogP) is 2.85. The maximum atomic E-state index is 13.3. The molecule has 204 valence electrons. The first-order chi connectivity index (χ1) is 18.5. The molecule has 3 aliphatic rings. The summed E-state index contributed by atoms with van der Waals surface area (Å²) in [4.78, 5) is 35.2. The molecule has 1 aromatic carbocycles. The molecular weight excluding hydrogens is 508 g/mol. The molecule has 0 radical (unpaired) electrons. The molecule has 11 heteroatoms. The molecule has 1 aromatic rings. The van der Waals surface area contributed by atoms with Gasteiger partial charge in [0.05, 0.1) is 51.2 Å². The minimum atomic E-state index is -0.632. The lowest BCUT2D eigenvalue weighted by Crippen LogP contribution is -2.42. The topological polar surface area (TPSA) is 102 Å². The normalized spacial score (nSPS) is 19.3. The second kappa shape index (κ2) is 13.0. The Morgan fingerprint density at radius 3 is 2.76 bits per heavy atom. The van der Waals surface area contributed by atoms with Crippen LogP contribution >= 0.6 is 11.8 Å². The number of benzene rings is 1. The number of rotatable bonds is 11. The number of esters is 1. The van der Waals surface area contributed by atoms with E-state index in [1.54, 1.807) is 27.2 Å². The highest BCUT2D eigenvalue weighted by molar-refractivity contribution is 8.16. The predicted molar refractivity (Wildman–Crippen MR) is 146 cm³/mol. The van der Waals surface area contributed by atoms with E-state index in [9.17, 15) is 9.59 Å². The molecule has 0 saturated carbocycles. The van der Waals surface area contributed by atoms with Crippen molar-refractivity contribution in [3.05, 3.63) is 58.8 Å². The van der Waals surface area contributed by atoms with E-state index in [2.05, 4.69) is 16.8 Å². The Balaban J connectivity index is 1.61. The average Bonchev–Trinajstić information content (AvgIpc) is 3.32. The first-order valence-corrected chi connectivity index (χ1v) is 13.4. The van der Waals surface area contributed by atoms with Gasteiger partial charge in [-0.25, -0.2) is 9.79 Å². The van der Waals surface area contributed by atoms with Gasteiger partial charge in [-0.1, -0.05) is 36.5 Å². The Labute approximate surface area is 227 Å². The Hall–Kier alpha value is -3.28. The highest BCUT2D eigenvalue weighted by Crippen LogP contribution is 2.48. The Kier molecular flexibility index (Phi) is 9.48. The first kappa shape index (κ1) is 27.7. The second-order valence-electron chi connectivity index (χ2n) is 8.84. The van der Waals surface area contributed by atoms with Crippen molar-refractivity contribution in [2.45, 2.75) is 19.4 Å². The molecular formula is C27H34N4O6S. The lowest BCUT2D eigenvalue weighted by molar-refractivity contribution is -0.138. The van der Waals surface area contributed by atoms with Crippen LogP contribution in [0.25, 0.3) is 0 Å². The summed E-state index contributed by atoms with van der Waals surface area (Å²) >= 11 is 1.42. The van der Waals surface area contributed by atoms with E-state index in [4.69, 9.17) is 23.9 Å². The van der Waals surface area contributed by atoms with Gasteiger partial charge < -0.3 is 29.2 Å². The highest BCUT2D eigenvalue weighted by Gasteiger charge is 2.42. The first-order valence-electron chi connectivity index (χ1n) is 12.5. The van der Waals surface area contributed by atoms with Crippen LogP contribution in [0.15, 0.2) is 58.2 Å². The van der Waals surface area contributed by atoms with Gasteiger partial charge in [0.25, 0.3) is 0 Å². The number of morpholine rings is 1. The zero-order chi connectivity index (χ0) is 27.1. The number of hydrogen-bond donors (Lipinski definition) is 1. The van der Waals surface area contributed by atoms with Crippen LogP contribution in [0.4, 0.5) is 0 Å². The second-order valence-corrected chi connectivity index (χ2v) is 9.68. The van der Waals surface area contributed by atoms with Crippen molar-refractivity contribution in [1.29, 1.82) is 0 Å². The molecule has 38 heavy (non-hydrogen) atoms. The fraction of sp³-hybridized carbons (Fsp3) is 0.444. The fourth-order valence-corrected chi connectivity index (χ4v) is 5.63. The summed E-state index contributed by atoms with van der Waals surface area (Å²) < 4.78 is 22.1. The lowest BCUT2D eigenvalue weighted by Gasteiger charge is -2.37. The molecule has 3 heterocycles. The molecule has 4 rings (SSSR count). The van der Waals surface area contributed by atoms with Crippen LogP contribution in [0.2, 0.25) is 0 Å². The number of fused-ring (bicyclic) bond motifs is 1. The third kappa shape index (κ3) is 6.06. The quantitative estimate of drug-likeness (QED) is 0.334. The minimum absolute atomic E-state index is 0.0666. The number of aliphatic imine (C=N–C) groups is 1. The molecule has 1 N–H and O–H groups in total. The average molecular weight is 543 g/mol. The van der Waals surface area contributed by atoms with E-state index in [0.29, 0.717) is 40.0 Å². The fourth-order valence-electron chi connectivity index (χ4n) is 4.67. The number of carbonyl (C=O) groups is 2. The van der Waals surface area contributed by atoms with Crippen LogP contribution in [0.5, 0.6) is 11.5 Å². The number of amides is 1. The van der Waals surface area contributed by atoms with E-state index in [1.165, 1.54) is 17.8 Å². The number of para-hydroxylation sites is 1. The molecule has 0 unspecified atom stereocenters. The number of nitrogens with zero attached hydrogens (tertiary/aromatic N) is 3. The van der Waals surface area contributed by atoms with Crippen molar-refractivity contribution in [1.82, 2.24) is 15.1 Å². The lowest BCUT2D eigenvalue weighted by atomic mass is 9.92. The summed E-state index contributed by atoms with van der Waals surface area (Å²) in [6, 6.07) is 4.89. The number of allylic oxidation sites excluding steroid dienone is 1. The summed E-state index contributed by atoms with van der Waals surface area (Å²) in [6.45, 7) is 9.97. The van der Waals surface area contributed by atoms with Gasteiger partial charge in [0.15, 0.2) is 16.7 Å². The van der Waals surface area contributed by atoms with Crippen molar-refractivity contribution in [2.24, 2.45) is 4.99 Å². The van der Waals surface area contributed by atoms with E-state index in [0.717, 1.165) is 38.5 Å². The summed E-state index contributed by atoms with van der Waals surface area (Å²) in [5.41, 5.74) is 2.33. The van der Waals surface area contributed by atoms with Gasteiger partial charge in [-0.15, -0.1) is 0 Å². The highest BCUT2D eigenvalue weighted by atomic mass is 32.2. The molecule has 1 atom stereocenters. The van der Waals surface area contributed by atoms with Gasteiger partial charge >= 0.3 is 5.97 Å². The Morgan fingerprint density at radius 1 is 1.26 bits per heavy atom. The van der Waals surface area contributed by atoms with E-state index >= 15 is 0 Å². The monoisotopic (exact) mass is 542 g/mol. The van der Waals surface area contributed by atoms with Crippen LogP contribution in [-0.4, -0.2) is 87.1 Å². The summed E-state index contributed by atoms with van der Waals surface area (Å²) in [5.74, 6) is 0.411. The van der Waals surface area contributed by atoms with Crippen molar-refractivity contribution >= 4 is 28.8 Å². The molecule has 1 amide bonds. The number of thioether (sulfide) groups is 1. The van der Waals surface area contributed by atoms with Crippen LogP contribution < -0.4 is 14.8 Å². The number of carbonyl (C=O) groups excluding carboxylic acids is 2. The number of amidine groups is 1. The van der Waals surface area contributed by atoms with Gasteiger partial charge in [0.2, 0.25) is 5.91 Å². The van der Waals surface area contributed by atoms with Crippen molar-refractivity contribution < 1.29 is 28.5 Å². The van der Waals surface area contributed by atoms with Crippen LogP contribution in [-0.2, 0) is 19.1 Å². The third-order valence-corrected chi connectivity index (χ3v) is 7.37. The number of hydrogen-bond acceptors (Lipinski definition) is 10. The molecule has 1 fully saturated rings.